The van der Waals surface area contributed by atoms with Gasteiger partial charge in [0, 0.05) is 0 Å². The molecule has 1 heterocycles. The van der Waals surface area contributed by atoms with Gasteiger partial charge in [0.1, 0.15) is 0 Å². The fraction of sp³-hybridized carbons (Fsp3) is 0.0400. The molecule has 0 N–H and O–H groups in total. The molecular weight excluding hydrogens is 328 g/mol. The van der Waals surface area contributed by atoms with Crippen molar-refractivity contribution >= 4 is 28.8 Å². The predicted molar refractivity (Wildman–Crippen MR) is 114 cm³/mol. The SMILES string of the molecule is Cc1ccc2c(c1)[Si](c1ccccc1)(c1ccccc1)c1ccccc1-2. The van der Waals surface area contributed by atoms with Gasteiger partial charge in [0.15, 0.2) is 8.07 Å². The van der Waals surface area contributed by atoms with E-state index in [1.54, 1.807) is 0 Å². The highest BCUT2D eigenvalue weighted by atomic mass is 28.3. The van der Waals surface area contributed by atoms with Crippen LogP contribution in [0.5, 0.6) is 0 Å². The molecule has 1 heteroatoms. The molecular formula is C25H20Si. The van der Waals surface area contributed by atoms with Gasteiger partial charge in [-0.3, -0.25) is 0 Å². The molecule has 0 aromatic heterocycles. The average Bonchev–Trinajstić information content (AvgIpc) is 3.00. The third-order valence-corrected chi connectivity index (χ3v) is 10.5. The van der Waals surface area contributed by atoms with Crippen molar-refractivity contribution in [3.05, 3.63) is 109 Å². The maximum absolute atomic E-state index is 2.43. The second kappa shape index (κ2) is 5.82. The molecule has 0 bridgehead atoms. The molecule has 0 atom stereocenters. The van der Waals surface area contributed by atoms with Crippen molar-refractivity contribution < 1.29 is 0 Å². The first-order valence-corrected chi connectivity index (χ1v) is 11.1. The Labute approximate surface area is 155 Å². The van der Waals surface area contributed by atoms with Crippen LogP contribution in [0.25, 0.3) is 11.1 Å². The van der Waals surface area contributed by atoms with Crippen LogP contribution in [0.2, 0.25) is 0 Å². The van der Waals surface area contributed by atoms with E-state index in [1.807, 2.05) is 0 Å². The summed E-state index contributed by atoms with van der Waals surface area (Å²) >= 11 is 0. The van der Waals surface area contributed by atoms with E-state index >= 15 is 0 Å². The minimum atomic E-state index is -2.26. The smallest absolute Gasteiger partial charge is 0.0623 e. The average molecular weight is 349 g/mol. The van der Waals surface area contributed by atoms with Crippen molar-refractivity contribution in [3.63, 3.8) is 0 Å². The summed E-state index contributed by atoms with van der Waals surface area (Å²) in [6.07, 6.45) is 0. The number of hydrogen-bond donors (Lipinski definition) is 0. The molecule has 124 valence electrons. The highest BCUT2D eigenvalue weighted by molar-refractivity contribution is 7.22. The van der Waals surface area contributed by atoms with E-state index in [9.17, 15) is 0 Å². The van der Waals surface area contributed by atoms with Crippen molar-refractivity contribution in [2.75, 3.05) is 0 Å². The summed E-state index contributed by atoms with van der Waals surface area (Å²) in [6.45, 7) is 2.21. The zero-order valence-corrected chi connectivity index (χ0v) is 15.8. The van der Waals surface area contributed by atoms with Crippen molar-refractivity contribution in [2.45, 2.75) is 6.92 Å². The van der Waals surface area contributed by atoms with Crippen LogP contribution >= 0.6 is 0 Å². The van der Waals surface area contributed by atoms with Crippen molar-refractivity contribution in [3.8, 4) is 11.1 Å². The second-order valence-electron chi connectivity index (χ2n) is 7.08. The Morgan fingerprint density at radius 2 is 1.04 bits per heavy atom. The molecule has 5 rings (SSSR count). The van der Waals surface area contributed by atoms with Crippen LogP contribution in [-0.2, 0) is 0 Å². The standard InChI is InChI=1S/C25H20Si/c1-19-16-17-23-22-14-8-9-15-24(22)26(25(23)18-19,20-10-4-2-5-11-20)21-12-6-3-7-13-21/h2-18H,1H3. The van der Waals surface area contributed by atoms with Gasteiger partial charge in [0.2, 0.25) is 0 Å². The Morgan fingerprint density at radius 1 is 0.500 bits per heavy atom. The van der Waals surface area contributed by atoms with Crippen molar-refractivity contribution in [1.29, 1.82) is 0 Å². The molecule has 0 amide bonds. The number of benzene rings is 4. The molecule has 0 radical (unpaired) electrons. The van der Waals surface area contributed by atoms with Crippen molar-refractivity contribution in [1.82, 2.24) is 0 Å². The van der Waals surface area contributed by atoms with Crippen LogP contribution in [0, 0.1) is 6.92 Å². The topological polar surface area (TPSA) is 0 Å². The molecule has 4 aromatic carbocycles. The summed E-state index contributed by atoms with van der Waals surface area (Å²) in [7, 11) is -2.26. The van der Waals surface area contributed by atoms with Crippen LogP contribution in [0.15, 0.2) is 103 Å². The van der Waals surface area contributed by atoms with Crippen LogP contribution in [0.1, 0.15) is 5.56 Å². The summed E-state index contributed by atoms with van der Waals surface area (Å²) in [5, 5.41) is 5.96. The Hall–Kier alpha value is -2.90. The zero-order valence-electron chi connectivity index (χ0n) is 14.8. The van der Waals surface area contributed by atoms with Gasteiger partial charge in [-0.2, -0.15) is 0 Å². The number of hydrogen-bond acceptors (Lipinski definition) is 0. The second-order valence-corrected chi connectivity index (χ2v) is 10.8. The fourth-order valence-electron chi connectivity index (χ4n) is 4.56. The quantitative estimate of drug-likeness (QED) is 0.429. The molecule has 0 aliphatic carbocycles. The molecule has 0 saturated heterocycles. The minimum Gasteiger partial charge on any atom is -0.0623 e. The summed E-state index contributed by atoms with van der Waals surface area (Å²) in [5.41, 5.74) is 4.15. The van der Waals surface area contributed by atoms with Gasteiger partial charge in [-0.25, -0.2) is 0 Å². The molecule has 0 nitrogen and oxygen atoms in total. The lowest BCUT2D eigenvalue weighted by atomic mass is 10.0. The Balaban J connectivity index is 1.99. The van der Waals surface area contributed by atoms with Gasteiger partial charge >= 0.3 is 0 Å². The lowest BCUT2D eigenvalue weighted by Gasteiger charge is -2.31. The van der Waals surface area contributed by atoms with Crippen LogP contribution < -0.4 is 20.7 Å². The number of rotatable bonds is 2. The molecule has 0 unspecified atom stereocenters. The van der Waals surface area contributed by atoms with E-state index in [0.29, 0.717) is 0 Å². The molecule has 4 aromatic rings. The van der Waals surface area contributed by atoms with E-state index < -0.39 is 8.07 Å². The maximum atomic E-state index is 2.43. The summed E-state index contributed by atoms with van der Waals surface area (Å²) < 4.78 is 0. The van der Waals surface area contributed by atoms with Gasteiger partial charge in [-0.1, -0.05) is 109 Å². The van der Waals surface area contributed by atoms with Gasteiger partial charge in [-0.15, -0.1) is 0 Å². The normalized spacial score (nSPS) is 13.9. The summed E-state index contributed by atoms with van der Waals surface area (Å²) in [6, 6.07) is 38.3. The van der Waals surface area contributed by atoms with E-state index in [0.717, 1.165) is 0 Å². The zero-order chi connectivity index (χ0) is 17.6. The molecule has 0 saturated carbocycles. The van der Waals surface area contributed by atoms with Gasteiger partial charge < -0.3 is 0 Å². The third-order valence-electron chi connectivity index (χ3n) is 5.61. The summed E-state index contributed by atoms with van der Waals surface area (Å²) in [4.78, 5) is 0. The molecule has 1 aliphatic rings. The summed E-state index contributed by atoms with van der Waals surface area (Å²) in [5.74, 6) is 0. The Kier molecular flexibility index (Phi) is 3.44. The lowest BCUT2D eigenvalue weighted by Crippen LogP contribution is -2.72. The predicted octanol–water partition coefficient (Wildman–Crippen LogP) is 3.35. The first-order chi connectivity index (χ1) is 12.8. The van der Waals surface area contributed by atoms with Crippen LogP contribution in [-0.4, -0.2) is 8.07 Å². The monoisotopic (exact) mass is 348 g/mol. The third kappa shape index (κ3) is 2.01. The van der Waals surface area contributed by atoms with E-state index in [-0.39, 0.29) is 0 Å². The fourth-order valence-corrected chi connectivity index (χ4v) is 9.85. The Bertz CT molecular complexity index is 1040. The highest BCUT2D eigenvalue weighted by Crippen LogP contribution is 2.28. The number of fused-ring (bicyclic) bond motifs is 3. The lowest BCUT2D eigenvalue weighted by molar-refractivity contribution is 1.49. The number of aryl methyl sites for hydroxylation is 1. The van der Waals surface area contributed by atoms with Gasteiger partial charge in [0.05, 0.1) is 0 Å². The molecule has 0 spiro atoms. The van der Waals surface area contributed by atoms with Crippen LogP contribution in [0.4, 0.5) is 0 Å². The van der Waals surface area contributed by atoms with E-state index in [1.165, 1.54) is 37.4 Å². The molecule has 0 fully saturated rings. The first kappa shape index (κ1) is 15.4. The minimum absolute atomic E-state index is 1.33. The Morgan fingerprint density at radius 3 is 1.69 bits per heavy atom. The van der Waals surface area contributed by atoms with E-state index in [4.69, 9.17) is 0 Å². The van der Waals surface area contributed by atoms with E-state index in [2.05, 4.69) is 110 Å². The molecule has 1 aliphatic heterocycles. The van der Waals surface area contributed by atoms with Crippen molar-refractivity contribution in [2.24, 2.45) is 0 Å². The van der Waals surface area contributed by atoms with Gasteiger partial charge in [0.25, 0.3) is 0 Å². The highest BCUT2D eigenvalue weighted by Gasteiger charge is 2.48. The van der Waals surface area contributed by atoms with Crippen LogP contribution in [0.3, 0.4) is 0 Å². The molecule has 26 heavy (non-hydrogen) atoms. The largest absolute Gasteiger partial charge is 0.180 e. The first-order valence-electron chi connectivity index (χ1n) is 9.14. The van der Waals surface area contributed by atoms with Gasteiger partial charge in [-0.05, 0) is 38.8 Å². The maximum Gasteiger partial charge on any atom is 0.180 e.